The molecule has 106 valence electrons. The van der Waals surface area contributed by atoms with Crippen molar-refractivity contribution in [3.8, 4) is 11.3 Å². The maximum absolute atomic E-state index is 6.38. The highest BCUT2D eigenvalue weighted by Gasteiger charge is 2.19. The van der Waals surface area contributed by atoms with Crippen molar-refractivity contribution in [3.63, 3.8) is 0 Å². The first-order valence-electron chi connectivity index (χ1n) is 6.46. The molecule has 0 aliphatic heterocycles. The Hall–Kier alpha value is -1.56. The molecule has 0 aliphatic rings. The summed E-state index contributed by atoms with van der Waals surface area (Å²) in [6.07, 6.45) is 0. The number of aromatic nitrogens is 2. The second-order valence-electron chi connectivity index (χ2n) is 5.04. The molecule has 4 aromatic rings. The molecule has 0 spiro atoms. The van der Waals surface area contributed by atoms with Crippen LogP contribution in [0.2, 0.25) is 4.34 Å². The number of thiophene rings is 2. The van der Waals surface area contributed by atoms with E-state index in [9.17, 15) is 0 Å². The summed E-state index contributed by atoms with van der Waals surface area (Å²) in [5.74, 6) is 0.674. The summed E-state index contributed by atoms with van der Waals surface area (Å²) >= 11 is 9.42. The van der Waals surface area contributed by atoms with Crippen LogP contribution in [0.3, 0.4) is 0 Å². The summed E-state index contributed by atoms with van der Waals surface area (Å²) in [5.41, 5.74) is 11.3. The quantitative estimate of drug-likeness (QED) is 0.524. The van der Waals surface area contributed by atoms with Crippen molar-refractivity contribution >= 4 is 55.8 Å². The fraction of sp³-hybridized carbons (Fsp3) is 0.133. The lowest BCUT2D eigenvalue weighted by Crippen LogP contribution is -1.97. The van der Waals surface area contributed by atoms with Crippen LogP contribution >= 0.6 is 34.3 Å². The van der Waals surface area contributed by atoms with Gasteiger partial charge >= 0.3 is 0 Å². The predicted octanol–water partition coefficient (Wildman–Crippen LogP) is 5.13. The molecule has 0 saturated heterocycles. The Morgan fingerprint density at radius 2 is 2.10 bits per heavy atom. The molecular formula is C15H12ClN3S2. The molecule has 0 atom stereocenters. The van der Waals surface area contributed by atoms with Crippen LogP contribution in [0, 0.1) is 13.8 Å². The third-order valence-corrected chi connectivity index (χ3v) is 6.06. The summed E-state index contributed by atoms with van der Waals surface area (Å²) in [4.78, 5) is 4.81. The van der Waals surface area contributed by atoms with Gasteiger partial charge in [0.1, 0.15) is 17.2 Å². The fourth-order valence-corrected chi connectivity index (χ4v) is 4.58. The van der Waals surface area contributed by atoms with Gasteiger partial charge < -0.3 is 5.73 Å². The first-order valence-corrected chi connectivity index (χ1v) is 8.60. The standard InChI is InChI=1S/C15H12ClN3S2/c1-7-5-11-9(3-4-20-11)15-18-12(14(17)19(7)15)10-6-21-13(16)8(10)2/h3-6H,17H2,1-2H3. The van der Waals surface area contributed by atoms with Gasteiger partial charge in [0.15, 0.2) is 0 Å². The van der Waals surface area contributed by atoms with Crippen LogP contribution in [0.15, 0.2) is 22.9 Å². The molecule has 0 radical (unpaired) electrons. The number of nitrogens with two attached hydrogens (primary N) is 1. The molecule has 3 nitrogen and oxygen atoms in total. The van der Waals surface area contributed by atoms with Gasteiger partial charge in [-0.3, -0.25) is 4.40 Å². The third kappa shape index (κ3) is 1.75. The monoisotopic (exact) mass is 333 g/mol. The Bertz CT molecular complexity index is 994. The normalized spacial score (nSPS) is 11.8. The molecule has 0 amide bonds. The number of anilines is 1. The number of imidazole rings is 1. The predicted molar refractivity (Wildman–Crippen MR) is 92.8 cm³/mol. The lowest BCUT2D eigenvalue weighted by Gasteiger charge is -2.03. The Kier molecular flexibility index (Phi) is 2.79. The van der Waals surface area contributed by atoms with Crippen molar-refractivity contribution in [2.75, 3.05) is 5.73 Å². The van der Waals surface area contributed by atoms with Crippen LogP contribution in [0.1, 0.15) is 11.3 Å². The maximum Gasteiger partial charge on any atom is 0.148 e. The first kappa shape index (κ1) is 13.1. The number of rotatable bonds is 1. The largest absolute Gasteiger partial charge is 0.383 e. The highest BCUT2D eigenvalue weighted by Crippen LogP contribution is 2.38. The van der Waals surface area contributed by atoms with Crippen molar-refractivity contribution in [1.29, 1.82) is 0 Å². The van der Waals surface area contributed by atoms with E-state index in [4.69, 9.17) is 22.3 Å². The van der Waals surface area contributed by atoms with Gasteiger partial charge in [-0.05, 0) is 36.9 Å². The van der Waals surface area contributed by atoms with E-state index >= 15 is 0 Å². The fourth-order valence-electron chi connectivity index (χ4n) is 2.67. The van der Waals surface area contributed by atoms with Crippen molar-refractivity contribution in [2.24, 2.45) is 0 Å². The number of nitrogen functional groups attached to an aromatic ring is 1. The van der Waals surface area contributed by atoms with E-state index in [1.807, 2.05) is 16.7 Å². The maximum atomic E-state index is 6.38. The number of fused-ring (bicyclic) bond motifs is 3. The number of hydrogen-bond donors (Lipinski definition) is 1. The third-order valence-electron chi connectivity index (χ3n) is 3.78. The lowest BCUT2D eigenvalue weighted by atomic mass is 10.1. The van der Waals surface area contributed by atoms with E-state index in [0.29, 0.717) is 5.82 Å². The van der Waals surface area contributed by atoms with E-state index in [1.54, 1.807) is 11.3 Å². The summed E-state index contributed by atoms with van der Waals surface area (Å²) in [7, 11) is 0. The van der Waals surface area contributed by atoms with Gasteiger partial charge in [0, 0.05) is 26.7 Å². The SMILES string of the molecule is Cc1c(-c2nc3c4ccsc4cc(C)n3c2N)csc1Cl. The van der Waals surface area contributed by atoms with Gasteiger partial charge in [-0.2, -0.15) is 0 Å². The second kappa shape index (κ2) is 4.47. The number of pyridine rings is 1. The van der Waals surface area contributed by atoms with Crippen LogP contribution in [-0.4, -0.2) is 9.38 Å². The van der Waals surface area contributed by atoms with Crippen LogP contribution in [-0.2, 0) is 0 Å². The molecule has 2 N–H and O–H groups in total. The van der Waals surface area contributed by atoms with Gasteiger partial charge in [0.25, 0.3) is 0 Å². The van der Waals surface area contributed by atoms with Crippen LogP contribution < -0.4 is 5.73 Å². The van der Waals surface area contributed by atoms with E-state index < -0.39 is 0 Å². The summed E-state index contributed by atoms with van der Waals surface area (Å²) in [6.45, 7) is 4.06. The Balaban J connectivity index is 2.14. The zero-order valence-corrected chi connectivity index (χ0v) is 13.9. The molecule has 6 heteroatoms. The topological polar surface area (TPSA) is 43.3 Å². The minimum absolute atomic E-state index is 0.674. The van der Waals surface area contributed by atoms with Crippen LogP contribution in [0.25, 0.3) is 27.0 Å². The van der Waals surface area contributed by atoms with E-state index in [1.165, 1.54) is 16.0 Å². The zero-order chi connectivity index (χ0) is 14.7. The number of hydrogen-bond acceptors (Lipinski definition) is 4. The minimum atomic E-state index is 0.674. The lowest BCUT2D eigenvalue weighted by molar-refractivity contribution is 1.12. The van der Waals surface area contributed by atoms with Crippen molar-refractivity contribution < 1.29 is 0 Å². The average molecular weight is 334 g/mol. The highest BCUT2D eigenvalue weighted by molar-refractivity contribution is 7.17. The van der Waals surface area contributed by atoms with Crippen LogP contribution in [0.5, 0.6) is 0 Å². The molecule has 0 aliphatic carbocycles. The summed E-state index contributed by atoms with van der Waals surface area (Å²) in [5, 5.41) is 5.25. The molecule has 0 saturated carbocycles. The zero-order valence-electron chi connectivity index (χ0n) is 11.5. The molecule has 0 aromatic carbocycles. The Morgan fingerprint density at radius 3 is 2.81 bits per heavy atom. The Labute approximate surface area is 134 Å². The van der Waals surface area contributed by atoms with Crippen molar-refractivity contribution in [2.45, 2.75) is 13.8 Å². The first-order chi connectivity index (χ1) is 10.1. The second-order valence-corrected chi connectivity index (χ2v) is 7.47. The smallest absolute Gasteiger partial charge is 0.148 e. The van der Waals surface area contributed by atoms with Crippen molar-refractivity contribution in [1.82, 2.24) is 9.38 Å². The number of aryl methyl sites for hydroxylation is 1. The van der Waals surface area contributed by atoms with Crippen LogP contribution in [0.4, 0.5) is 5.82 Å². The van der Waals surface area contributed by atoms with Gasteiger partial charge in [-0.25, -0.2) is 4.98 Å². The van der Waals surface area contributed by atoms with E-state index in [-0.39, 0.29) is 0 Å². The molecule has 4 rings (SSSR count). The number of nitrogens with zero attached hydrogens (tertiary/aromatic N) is 2. The molecule has 0 bridgehead atoms. The van der Waals surface area contributed by atoms with E-state index in [0.717, 1.165) is 37.9 Å². The summed E-state index contributed by atoms with van der Waals surface area (Å²) in [6, 6.07) is 4.25. The molecule has 4 heterocycles. The molecule has 0 fully saturated rings. The highest BCUT2D eigenvalue weighted by atomic mass is 35.5. The summed E-state index contributed by atoms with van der Waals surface area (Å²) < 4.78 is 4.05. The van der Waals surface area contributed by atoms with Gasteiger partial charge in [0.2, 0.25) is 0 Å². The van der Waals surface area contributed by atoms with Crippen molar-refractivity contribution in [3.05, 3.63) is 38.5 Å². The minimum Gasteiger partial charge on any atom is -0.383 e. The van der Waals surface area contributed by atoms with Gasteiger partial charge in [0.05, 0.1) is 4.34 Å². The van der Waals surface area contributed by atoms with E-state index in [2.05, 4.69) is 24.4 Å². The number of halogens is 1. The molecule has 21 heavy (non-hydrogen) atoms. The van der Waals surface area contributed by atoms with Gasteiger partial charge in [-0.1, -0.05) is 11.6 Å². The van der Waals surface area contributed by atoms with Gasteiger partial charge in [-0.15, -0.1) is 22.7 Å². The molecule has 4 aromatic heterocycles. The molecule has 0 unspecified atom stereocenters. The Morgan fingerprint density at radius 1 is 1.29 bits per heavy atom. The average Bonchev–Trinajstić information content (AvgIpc) is 3.11. The molecular weight excluding hydrogens is 322 g/mol.